The van der Waals surface area contributed by atoms with Crippen LogP contribution in [0, 0.1) is 5.92 Å². The van der Waals surface area contributed by atoms with Gasteiger partial charge in [-0.05, 0) is 30.2 Å². The van der Waals surface area contributed by atoms with E-state index in [2.05, 4.69) is 0 Å². The van der Waals surface area contributed by atoms with Crippen LogP contribution < -0.4 is 4.74 Å². The van der Waals surface area contributed by atoms with Gasteiger partial charge in [0, 0.05) is 0 Å². The van der Waals surface area contributed by atoms with Gasteiger partial charge in [0.25, 0.3) is 0 Å². The highest BCUT2D eigenvalue weighted by Gasteiger charge is 2.39. The second-order valence-corrected chi connectivity index (χ2v) is 6.63. The van der Waals surface area contributed by atoms with Gasteiger partial charge >= 0.3 is 5.97 Å². The normalized spacial score (nSPS) is 13.2. The fourth-order valence-corrected chi connectivity index (χ4v) is 4.18. The van der Waals surface area contributed by atoms with E-state index in [1.165, 1.54) is 31.4 Å². The zero-order chi connectivity index (χ0) is 15.3. The molecule has 0 aliphatic carbocycles. The van der Waals surface area contributed by atoms with Crippen molar-refractivity contribution in [3.05, 3.63) is 24.3 Å². The minimum atomic E-state index is -3.90. The zero-order valence-corrected chi connectivity index (χ0v) is 12.7. The molecule has 1 rings (SSSR count). The third kappa shape index (κ3) is 3.30. The number of rotatable bonds is 7. The number of ether oxygens (including phenoxy) is 1. The maximum absolute atomic E-state index is 12.5. The van der Waals surface area contributed by atoms with Crippen LogP contribution in [0.3, 0.4) is 0 Å². The van der Waals surface area contributed by atoms with Crippen LogP contribution in [-0.4, -0.2) is 31.9 Å². The number of carbonyl (C=O) groups is 1. The minimum Gasteiger partial charge on any atom is -0.497 e. The zero-order valence-electron chi connectivity index (χ0n) is 11.9. The van der Waals surface area contributed by atoms with Crippen molar-refractivity contribution in [3.63, 3.8) is 0 Å². The molecule has 0 aromatic heterocycles. The van der Waals surface area contributed by atoms with E-state index in [1.807, 2.05) is 0 Å². The van der Waals surface area contributed by atoms with Crippen molar-refractivity contribution in [1.82, 2.24) is 0 Å². The summed E-state index contributed by atoms with van der Waals surface area (Å²) in [5, 5.41) is 7.89. The summed E-state index contributed by atoms with van der Waals surface area (Å²) >= 11 is 0. The van der Waals surface area contributed by atoms with E-state index in [4.69, 9.17) is 4.74 Å². The van der Waals surface area contributed by atoms with Crippen LogP contribution in [0.1, 0.15) is 26.7 Å². The van der Waals surface area contributed by atoms with Crippen LogP contribution in [0.15, 0.2) is 29.2 Å². The molecule has 1 N–H and O–H groups in total. The molecule has 0 fully saturated rings. The summed E-state index contributed by atoms with van der Waals surface area (Å²) in [6, 6.07) is 5.79. The number of hydrogen-bond donors (Lipinski definition) is 1. The third-order valence-corrected chi connectivity index (χ3v) is 5.63. The summed E-state index contributed by atoms with van der Waals surface area (Å²) in [5.41, 5.74) is 0. The third-order valence-electron chi connectivity index (χ3n) is 3.44. The highest BCUT2D eigenvalue weighted by atomic mass is 32.2. The van der Waals surface area contributed by atoms with Crippen LogP contribution in [-0.2, 0) is 14.6 Å². The van der Waals surface area contributed by atoms with Gasteiger partial charge in [0.2, 0.25) is 0 Å². The Morgan fingerprint density at radius 3 is 2.05 bits per heavy atom. The lowest BCUT2D eigenvalue weighted by molar-refractivity contribution is -0.137. The molecule has 112 valence electrons. The van der Waals surface area contributed by atoms with Crippen molar-refractivity contribution < 1.29 is 23.1 Å². The largest absolute Gasteiger partial charge is 0.497 e. The first-order chi connectivity index (χ1) is 9.38. The molecule has 0 spiro atoms. The summed E-state index contributed by atoms with van der Waals surface area (Å²) in [6.07, 6.45) is 1.01. The number of methoxy groups -OCH3 is 1. The molecule has 0 bridgehead atoms. The van der Waals surface area contributed by atoms with Gasteiger partial charge in [-0.2, -0.15) is 0 Å². The SMILES string of the molecule is CCC(CC)C(C(=O)O)S(=O)(=O)c1ccc(OC)cc1. The molecule has 0 amide bonds. The maximum Gasteiger partial charge on any atom is 0.322 e. The summed E-state index contributed by atoms with van der Waals surface area (Å²) in [7, 11) is -2.42. The molecule has 5 nitrogen and oxygen atoms in total. The van der Waals surface area contributed by atoms with Crippen LogP contribution in [0.25, 0.3) is 0 Å². The molecular formula is C14H20O5S. The van der Waals surface area contributed by atoms with Gasteiger partial charge < -0.3 is 9.84 Å². The van der Waals surface area contributed by atoms with Gasteiger partial charge in [0.15, 0.2) is 15.1 Å². The van der Waals surface area contributed by atoms with E-state index in [0.717, 1.165) is 0 Å². The second-order valence-electron chi connectivity index (χ2n) is 4.56. The van der Waals surface area contributed by atoms with Gasteiger partial charge in [0.1, 0.15) is 5.75 Å². The van der Waals surface area contributed by atoms with Gasteiger partial charge in [-0.25, -0.2) is 8.42 Å². The number of aliphatic carboxylic acids is 1. The standard InChI is InChI=1S/C14H20O5S/c1-4-10(5-2)13(14(15)16)20(17,18)12-8-6-11(19-3)7-9-12/h6-10,13H,4-5H2,1-3H3,(H,15,16). The molecule has 1 atom stereocenters. The lowest BCUT2D eigenvalue weighted by Gasteiger charge is -2.21. The van der Waals surface area contributed by atoms with Gasteiger partial charge in [-0.3, -0.25) is 4.79 Å². The van der Waals surface area contributed by atoms with E-state index in [-0.39, 0.29) is 4.90 Å². The molecule has 1 aromatic rings. The predicted molar refractivity (Wildman–Crippen MR) is 75.7 cm³/mol. The Morgan fingerprint density at radius 1 is 1.20 bits per heavy atom. The average molecular weight is 300 g/mol. The molecule has 20 heavy (non-hydrogen) atoms. The molecule has 1 aromatic carbocycles. The first-order valence-corrected chi connectivity index (χ1v) is 8.03. The van der Waals surface area contributed by atoms with Crippen LogP contribution >= 0.6 is 0 Å². The fourth-order valence-electron chi connectivity index (χ4n) is 2.22. The minimum absolute atomic E-state index is 0.0117. The first kappa shape index (κ1) is 16.5. The van der Waals surface area contributed by atoms with E-state index in [1.54, 1.807) is 13.8 Å². The fraction of sp³-hybridized carbons (Fsp3) is 0.500. The number of sulfone groups is 1. The Bertz CT molecular complexity index is 543. The quantitative estimate of drug-likeness (QED) is 0.836. The molecule has 0 radical (unpaired) electrons. The Kier molecular flexibility index (Phi) is 5.56. The van der Waals surface area contributed by atoms with E-state index in [9.17, 15) is 18.3 Å². The maximum atomic E-state index is 12.5. The van der Waals surface area contributed by atoms with Crippen LogP contribution in [0.2, 0.25) is 0 Å². The lowest BCUT2D eigenvalue weighted by Crippen LogP contribution is -2.37. The summed E-state index contributed by atoms with van der Waals surface area (Å²) in [5.74, 6) is -1.17. The predicted octanol–water partition coefficient (Wildman–Crippen LogP) is 2.36. The van der Waals surface area contributed by atoms with Crippen LogP contribution in [0.5, 0.6) is 5.75 Å². The number of carboxylic acid groups (broad SMARTS) is 1. The molecule has 0 heterocycles. The van der Waals surface area contributed by atoms with Crippen molar-refractivity contribution in [3.8, 4) is 5.75 Å². The van der Waals surface area contributed by atoms with Crippen LogP contribution in [0.4, 0.5) is 0 Å². The molecule has 6 heteroatoms. The molecule has 0 saturated heterocycles. The van der Waals surface area contributed by atoms with Gasteiger partial charge in [-0.15, -0.1) is 0 Å². The Morgan fingerprint density at radius 2 is 1.70 bits per heavy atom. The second kappa shape index (κ2) is 6.74. The van der Waals surface area contributed by atoms with Gasteiger partial charge in [0.05, 0.1) is 12.0 Å². The van der Waals surface area contributed by atoms with Gasteiger partial charge in [-0.1, -0.05) is 26.7 Å². The van der Waals surface area contributed by atoms with Crippen molar-refractivity contribution in [1.29, 1.82) is 0 Å². The average Bonchev–Trinajstić information content (AvgIpc) is 2.43. The van der Waals surface area contributed by atoms with Crippen molar-refractivity contribution >= 4 is 15.8 Å². The Balaban J connectivity index is 3.25. The van der Waals surface area contributed by atoms with E-state index in [0.29, 0.717) is 18.6 Å². The number of hydrogen-bond acceptors (Lipinski definition) is 4. The molecule has 0 aliphatic heterocycles. The molecular weight excluding hydrogens is 280 g/mol. The molecule has 1 unspecified atom stereocenters. The smallest absolute Gasteiger partial charge is 0.322 e. The lowest BCUT2D eigenvalue weighted by atomic mass is 9.99. The van der Waals surface area contributed by atoms with Crippen molar-refractivity contribution in [2.24, 2.45) is 5.92 Å². The molecule has 0 aliphatic rings. The van der Waals surface area contributed by atoms with Crippen molar-refractivity contribution in [2.45, 2.75) is 36.8 Å². The Hall–Kier alpha value is -1.56. The van der Waals surface area contributed by atoms with E-state index < -0.39 is 27.0 Å². The first-order valence-electron chi connectivity index (χ1n) is 6.49. The highest BCUT2D eigenvalue weighted by molar-refractivity contribution is 7.92. The number of carboxylic acids is 1. The Labute approximate surface area is 119 Å². The summed E-state index contributed by atoms with van der Waals surface area (Å²) in [6.45, 7) is 3.60. The van der Waals surface area contributed by atoms with E-state index >= 15 is 0 Å². The van der Waals surface area contributed by atoms with Crippen molar-refractivity contribution in [2.75, 3.05) is 7.11 Å². The summed E-state index contributed by atoms with van der Waals surface area (Å²) in [4.78, 5) is 11.4. The topological polar surface area (TPSA) is 80.7 Å². The molecule has 0 saturated carbocycles. The summed E-state index contributed by atoms with van der Waals surface area (Å²) < 4.78 is 30.0. The number of benzene rings is 1. The highest BCUT2D eigenvalue weighted by Crippen LogP contribution is 2.27. The monoisotopic (exact) mass is 300 g/mol.